The maximum absolute atomic E-state index is 13.1. The number of nitrogens with zero attached hydrogens (tertiary/aromatic N) is 1. The van der Waals surface area contributed by atoms with Crippen LogP contribution in [0.1, 0.15) is 20.3 Å². The van der Waals surface area contributed by atoms with Crippen molar-refractivity contribution in [2.75, 3.05) is 31.1 Å². The van der Waals surface area contributed by atoms with Gasteiger partial charge in [0.25, 0.3) is 0 Å². The Morgan fingerprint density at radius 3 is 2.95 bits per heavy atom. The molecule has 2 rings (SSSR count). The molecule has 0 radical (unpaired) electrons. The van der Waals surface area contributed by atoms with Gasteiger partial charge in [-0.15, -0.1) is 0 Å². The molecule has 1 aromatic carbocycles. The molecule has 1 fully saturated rings. The van der Waals surface area contributed by atoms with Gasteiger partial charge in [0.2, 0.25) is 0 Å². The first-order valence-electron chi connectivity index (χ1n) is 6.97. The van der Waals surface area contributed by atoms with Crippen LogP contribution >= 0.6 is 11.6 Å². The molecule has 0 spiro atoms. The number of benzene rings is 1. The lowest BCUT2D eigenvalue weighted by Crippen LogP contribution is -2.28. The van der Waals surface area contributed by atoms with E-state index in [9.17, 15) is 4.39 Å². The zero-order valence-corrected chi connectivity index (χ0v) is 12.4. The Morgan fingerprint density at radius 1 is 1.47 bits per heavy atom. The van der Waals surface area contributed by atoms with E-state index < -0.39 is 0 Å². The van der Waals surface area contributed by atoms with Crippen LogP contribution in [0, 0.1) is 17.7 Å². The lowest BCUT2D eigenvalue weighted by Gasteiger charge is -2.19. The van der Waals surface area contributed by atoms with Crippen molar-refractivity contribution >= 4 is 17.3 Å². The number of nitrogens with one attached hydrogen (secondary N) is 1. The third kappa shape index (κ3) is 4.08. The van der Waals surface area contributed by atoms with Gasteiger partial charge in [-0.1, -0.05) is 25.4 Å². The third-order valence-corrected chi connectivity index (χ3v) is 3.83. The third-order valence-electron chi connectivity index (χ3n) is 3.54. The fourth-order valence-corrected chi connectivity index (χ4v) is 2.67. The minimum Gasteiger partial charge on any atom is -0.371 e. The van der Waals surface area contributed by atoms with Gasteiger partial charge in [0, 0.05) is 18.8 Å². The largest absolute Gasteiger partial charge is 0.371 e. The van der Waals surface area contributed by atoms with Crippen LogP contribution in [0.5, 0.6) is 0 Å². The van der Waals surface area contributed by atoms with Crippen LogP contribution < -0.4 is 10.2 Å². The van der Waals surface area contributed by atoms with E-state index >= 15 is 0 Å². The molecule has 1 unspecified atom stereocenters. The number of hydrogen-bond donors (Lipinski definition) is 1. The molecule has 106 valence electrons. The molecule has 1 aliphatic rings. The Bertz CT molecular complexity index is 423. The predicted molar refractivity (Wildman–Crippen MR) is 79.4 cm³/mol. The smallest absolute Gasteiger partial charge is 0.141 e. The number of hydrogen-bond acceptors (Lipinski definition) is 2. The summed E-state index contributed by atoms with van der Waals surface area (Å²) >= 11 is 5.83. The van der Waals surface area contributed by atoms with Crippen molar-refractivity contribution in [1.29, 1.82) is 0 Å². The zero-order chi connectivity index (χ0) is 13.8. The van der Waals surface area contributed by atoms with Gasteiger partial charge in [0.05, 0.1) is 5.02 Å². The fourth-order valence-electron chi connectivity index (χ4n) is 2.49. The van der Waals surface area contributed by atoms with Crippen LogP contribution in [0.4, 0.5) is 10.1 Å². The van der Waals surface area contributed by atoms with Gasteiger partial charge < -0.3 is 10.2 Å². The summed E-state index contributed by atoms with van der Waals surface area (Å²) in [7, 11) is 0. The summed E-state index contributed by atoms with van der Waals surface area (Å²) in [6, 6.07) is 4.98. The first-order valence-corrected chi connectivity index (χ1v) is 7.34. The van der Waals surface area contributed by atoms with E-state index in [1.165, 1.54) is 12.5 Å². The minimum absolute atomic E-state index is 0.207. The average Bonchev–Trinajstić information content (AvgIpc) is 2.81. The van der Waals surface area contributed by atoms with Crippen molar-refractivity contribution in [3.8, 4) is 0 Å². The van der Waals surface area contributed by atoms with Crippen molar-refractivity contribution in [3.63, 3.8) is 0 Å². The SMILES string of the molecule is CC(C)CNCC1CCN(c2ccc(F)c(Cl)c2)C1. The molecule has 1 aliphatic heterocycles. The van der Waals surface area contributed by atoms with Crippen LogP contribution in [0.3, 0.4) is 0 Å². The van der Waals surface area contributed by atoms with Crippen LogP contribution in [0.25, 0.3) is 0 Å². The first kappa shape index (κ1) is 14.6. The Labute approximate surface area is 119 Å². The highest BCUT2D eigenvalue weighted by Crippen LogP contribution is 2.27. The Hall–Kier alpha value is -0.800. The Morgan fingerprint density at radius 2 is 2.26 bits per heavy atom. The topological polar surface area (TPSA) is 15.3 Å². The minimum atomic E-state index is -0.347. The molecule has 1 atom stereocenters. The van der Waals surface area contributed by atoms with E-state index in [0.717, 1.165) is 31.9 Å². The van der Waals surface area contributed by atoms with E-state index in [1.54, 1.807) is 6.07 Å². The van der Waals surface area contributed by atoms with E-state index in [4.69, 9.17) is 11.6 Å². The highest BCUT2D eigenvalue weighted by molar-refractivity contribution is 6.31. The number of rotatable bonds is 5. The van der Waals surface area contributed by atoms with Gasteiger partial charge in [-0.25, -0.2) is 4.39 Å². The van der Waals surface area contributed by atoms with E-state index in [1.807, 2.05) is 6.07 Å². The predicted octanol–water partition coefficient (Wildman–Crippen LogP) is 3.55. The monoisotopic (exact) mass is 284 g/mol. The average molecular weight is 285 g/mol. The summed E-state index contributed by atoms with van der Waals surface area (Å²) in [6.45, 7) is 8.61. The molecular weight excluding hydrogens is 263 g/mol. The summed E-state index contributed by atoms with van der Waals surface area (Å²) < 4.78 is 13.1. The van der Waals surface area contributed by atoms with Gasteiger partial charge in [-0.05, 0) is 49.5 Å². The first-order chi connectivity index (χ1) is 9.06. The summed E-state index contributed by atoms with van der Waals surface area (Å²) in [6.07, 6.45) is 1.18. The molecule has 19 heavy (non-hydrogen) atoms. The lowest BCUT2D eigenvalue weighted by molar-refractivity contribution is 0.477. The summed E-state index contributed by atoms with van der Waals surface area (Å²) in [5.74, 6) is 1.01. The van der Waals surface area contributed by atoms with Gasteiger partial charge >= 0.3 is 0 Å². The maximum Gasteiger partial charge on any atom is 0.141 e. The quantitative estimate of drug-likeness (QED) is 0.889. The van der Waals surface area contributed by atoms with Crippen molar-refractivity contribution in [2.45, 2.75) is 20.3 Å². The maximum atomic E-state index is 13.1. The van der Waals surface area contributed by atoms with E-state index in [0.29, 0.717) is 11.8 Å². The van der Waals surface area contributed by atoms with Crippen molar-refractivity contribution in [2.24, 2.45) is 11.8 Å². The molecule has 4 heteroatoms. The molecule has 1 N–H and O–H groups in total. The molecule has 2 nitrogen and oxygen atoms in total. The van der Waals surface area contributed by atoms with E-state index in [2.05, 4.69) is 24.1 Å². The van der Waals surface area contributed by atoms with Crippen LogP contribution in [0.2, 0.25) is 5.02 Å². The second-order valence-corrected chi connectivity index (χ2v) is 6.16. The van der Waals surface area contributed by atoms with Crippen LogP contribution in [0.15, 0.2) is 18.2 Å². The molecular formula is C15H22ClFN2. The highest BCUT2D eigenvalue weighted by atomic mass is 35.5. The molecule has 0 saturated carbocycles. The number of anilines is 1. The van der Waals surface area contributed by atoms with Crippen molar-refractivity contribution in [3.05, 3.63) is 29.0 Å². The molecule has 1 aromatic rings. The normalized spacial score (nSPS) is 19.4. The van der Waals surface area contributed by atoms with Gasteiger partial charge in [0.1, 0.15) is 5.82 Å². The van der Waals surface area contributed by atoms with Gasteiger partial charge in [-0.3, -0.25) is 0 Å². The lowest BCUT2D eigenvalue weighted by atomic mass is 10.1. The number of halogens is 2. The van der Waals surface area contributed by atoms with Crippen LogP contribution in [-0.4, -0.2) is 26.2 Å². The zero-order valence-electron chi connectivity index (χ0n) is 11.6. The Balaban J connectivity index is 1.85. The summed E-state index contributed by atoms with van der Waals surface area (Å²) in [5.41, 5.74) is 1.03. The van der Waals surface area contributed by atoms with Crippen molar-refractivity contribution < 1.29 is 4.39 Å². The van der Waals surface area contributed by atoms with Crippen molar-refractivity contribution in [1.82, 2.24) is 5.32 Å². The van der Waals surface area contributed by atoms with Crippen LogP contribution in [-0.2, 0) is 0 Å². The second kappa shape index (κ2) is 6.58. The standard InChI is InChI=1S/C15H22ClFN2/c1-11(2)8-18-9-12-5-6-19(10-12)13-3-4-15(17)14(16)7-13/h3-4,7,11-12,18H,5-6,8-10H2,1-2H3. The molecule has 0 aliphatic carbocycles. The van der Waals surface area contributed by atoms with E-state index in [-0.39, 0.29) is 10.8 Å². The highest BCUT2D eigenvalue weighted by Gasteiger charge is 2.22. The Kier molecular flexibility index (Phi) is 5.06. The molecule has 1 heterocycles. The van der Waals surface area contributed by atoms with Gasteiger partial charge in [0.15, 0.2) is 0 Å². The second-order valence-electron chi connectivity index (χ2n) is 5.75. The molecule has 0 bridgehead atoms. The molecule has 0 aromatic heterocycles. The summed E-state index contributed by atoms with van der Waals surface area (Å²) in [4.78, 5) is 2.28. The summed E-state index contributed by atoms with van der Waals surface area (Å²) in [5, 5.41) is 3.71. The van der Waals surface area contributed by atoms with Gasteiger partial charge in [-0.2, -0.15) is 0 Å². The molecule has 0 amide bonds. The fraction of sp³-hybridized carbons (Fsp3) is 0.600. The molecule has 1 saturated heterocycles.